The molecule has 18 heavy (non-hydrogen) atoms. The van der Waals surface area contributed by atoms with E-state index >= 15 is 0 Å². The lowest BCUT2D eigenvalue weighted by molar-refractivity contribution is 0.458. The monoisotopic (exact) mass is 262 g/mol. The fourth-order valence-corrected chi connectivity index (χ4v) is 3.01. The summed E-state index contributed by atoms with van der Waals surface area (Å²) < 4.78 is 0. The minimum atomic E-state index is 0.241. The van der Waals surface area contributed by atoms with E-state index in [9.17, 15) is 10.2 Å². The van der Waals surface area contributed by atoms with Crippen molar-refractivity contribution in [3.8, 4) is 11.5 Å². The number of hydrogen-bond donors (Lipinski definition) is 2. The Hall–Kier alpha value is -1.35. The maximum absolute atomic E-state index is 10.2. The Kier molecular flexibility index (Phi) is 4.02. The van der Waals surface area contributed by atoms with Crippen LogP contribution < -0.4 is 0 Å². The first kappa shape index (κ1) is 13.1. The zero-order valence-corrected chi connectivity index (χ0v) is 11.5. The molecule has 0 aliphatic carbocycles. The molecule has 0 aromatic heterocycles. The van der Waals surface area contributed by atoms with Crippen LogP contribution in [0.1, 0.15) is 25.3 Å². The SMILES string of the molecule is CCCCSc1cc(O)c2cc(C)ccc2c1O. The number of thioether (sulfide) groups is 1. The van der Waals surface area contributed by atoms with E-state index in [1.165, 1.54) is 0 Å². The van der Waals surface area contributed by atoms with Crippen molar-refractivity contribution in [2.75, 3.05) is 5.75 Å². The summed E-state index contributed by atoms with van der Waals surface area (Å²) in [6.07, 6.45) is 2.24. The number of aryl methyl sites for hydroxylation is 1. The van der Waals surface area contributed by atoms with Crippen LogP contribution in [0.25, 0.3) is 10.8 Å². The van der Waals surface area contributed by atoms with Crippen LogP contribution in [0.3, 0.4) is 0 Å². The molecule has 0 bridgehead atoms. The lowest BCUT2D eigenvalue weighted by Gasteiger charge is -2.10. The molecule has 2 aromatic rings. The Balaban J connectivity index is 2.44. The number of unbranched alkanes of at least 4 members (excludes halogenated alkanes) is 1. The molecule has 2 N–H and O–H groups in total. The largest absolute Gasteiger partial charge is 0.507 e. The van der Waals surface area contributed by atoms with Crippen molar-refractivity contribution in [2.45, 2.75) is 31.6 Å². The zero-order chi connectivity index (χ0) is 13.1. The van der Waals surface area contributed by atoms with Gasteiger partial charge in [0.05, 0.1) is 4.90 Å². The smallest absolute Gasteiger partial charge is 0.137 e. The Morgan fingerprint density at radius 3 is 2.61 bits per heavy atom. The quantitative estimate of drug-likeness (QED) is 0.486. The van der Waals surface area contributed by atoms with Crippen molar-refractivity contribution in [3.05, 3.63) is 29.8 Å². The standard InChI is InChI=1S/C15H18O2S/c1-3-4-7-18-14-9-13(16)12-8-10(2)5-6-11(12)15(14)17/h5-6,8-9,16-17H,3-4,7H2,1-2H3. The van der Waals surface area contributed by atoms with Gasteiger partial charge in [-0.2, -0.15) is 0 Å². The van der Waals surface area contributed by atoms with Gasteiger partial charge in [0.1, 0.15) is 11.5 Å². The Bertz CT molecular complexity index is 564. The second-order valence-corrected chi connectivity index (χ2v) is 5.63. The molecule has 0 fully saturated rings. The molecule has 0 atom stereocenters. The number of rotatable bonds is 4. The van der Waals surface area contributed by atoms with Crippen LogP contribution in [-0.2, 0) is 0 Å². The molecule has 2 aromatic carbocycles. The van der Waals surface area contributed by atoms with Gasteiger partial charge in [0, 0.05) is 10.8 Å². The summed E-state index contributed by atoms with van der Waals surface area (Å²) in [5.41, 5.74) is 1.07. The van der Waals surface area contributed by atoms with Gasteiger partial charge >= 0.3 is 0 Å². The molecule has 3 heteroatoms. The van der Waals surface area contributed by atoms with Gasteiger partial charge in [0.25, 0.3) is 0 Å². The Labute approximate surface area is 112 Å². The fourth-order valence-electron chi connectivity index (χ4n) is 1.92. The molecule has 0 amide bonds. The first-order valence-corrected chi connectivity index (χ1v) is 7.20. The van der Waals surface area contributed by atoms with Crippen LogP contribution in [0, 0.1) is 6.92 Å². The van der Waals surface area contributed by atoms with Crippen molar-refractivity contribution in [1.82, 2.24) is 0 Å². The lowest BCUT2D eigenvalue weighted by atomic mass is 10.1. The predicted octanol–water partition coefficient (Wildman–Crippen LogP) is 4.45. The summed E-state index contributed by atoms with van der Waals surface area (Å²) in [5.74, 6) is 1.48. The first-order chi connectivity index (χ1) is 8.63. The highest BCUT2D eigenvalue weighted by Gasteiger charge is 2.11. The minimum absolute atomic E-state index is 0.241. The predicted molar refractivity (Wildman–Crippen MR) is 77.6 cm³/mol. The van der Waals surface area contributed by atoms with Crippen LogP contribution in [0.2, 0.25) is 0 Å². The van der Waals surface area contributed by atoms with Crippen molar-refractivity contribution < 1.29 is 10.2 Å². The van der Waals surface area contributed by atoms with E-state index in [0.29, 0.717) is 5.39 Å². The third-order valence-electron chi connectivity index (χ3n) is 2.96. The third-order valence-corrected chi connectivity index (χ3v) is 4.08. The minimum Gasteiger partial charge on any atom is -0.507 e. The molecule has 0 aliphatic heterocycles. The summed E-state index contributed by atoms with van der Waals surface area (Å²) in [5, 5.41) is 21.7. The highest BCUT2D eigenvalue weighted by Crippen LogP contribution is 2.40. The molecular formula is C15H18O2S. The number of hydrogen-bond acceptors (Lipinski definition) is 3. The number of phenolic OH excluding ortho intramolecular Hbond substituents is 2. The van der Waals surface area contributed by atoms with Crippen LogP contribution in [0.5, 0.6) is 11.5 Å². The normalized spacial score (nSPS) is 11.0. The van der Waals surface area contributed by atoms with Gasteiger partial charge in [-0.1, -0.05) is 31.0 Å². The van der Waals surface area contributed by atoms with Crippen LogP contribution in [0.15, 0.2) is 29.2 Å². The van der Waals surface area contributed by atoms with E-state index < -0.39 is 0 Å². The number of fused-ring (bicyclic) bond motifs is 1. The summed E-state index contributed by atoms with van der Waals surface area (Å²) in [7, 11) is 0. The van der Waals surface area contributed by atoms with Gasteiger partial charge in [-0.05, 0) is 31.2 Å². The average molecular weight is 262 g/mol. The molecular weight excluding hydrogens is 244 g/mol. The summed E-state index contributed by atoms with van der Waals surface area (Å²) in [6, 6.07) is 7.37. The Morgan fingerprint density at radius 1 is 1.11 bits per heavy atom. The van der Waals surface area contributed by atoms with E-state index in [2.05, 4.69) is 6.92 Å². The Morgan fingerprint density at radius 2 is 1.89 bits per heavy atom. The molecule has 0 heterocycles. The molecule has 96 valence electrons. The second kappa shape index (κ2) is 5.53. The molecule has 0 saturated heterocycles. The maximum atomic E-state index is 10.2. The van der Waals surface area contributed by atoms with Gasteiger partial charge in [0.15, 0.2) is 0 Å². The van der Waals surface area contributed by atoms with Crippen LogP contribution >= 0.6 is 11.8 Å². The molecule has 0 spiro atoms. The highest BCUT2D eigenvalue weighted by atomic mass is 32.2. The second-order valence-electron chi connectivity index (χ2n) is 4.49. The van der Waals surface area contributed by atoms with Crippen molar-refractivity contribution in [3.63, 3.8) is 0 Å². The summed E-state index contributed by atoms with van der Waals surface area (Å²) in [6.45, 7) is 4.11. The van der Waals surface area contributed by atoms with E-state index in [-0.39, 0.29) is 11.5 Å². The number of benzene rings is 2. The highest BCUT2D eigenvalue weighted by molar-refractivity contribution is 7.99. The van der Waals surface area contributed by atoms with Crippen LogP contribution in [0.4, 0.5) is 0 Å². The zero-order valence-electron chi connectivity index (χ0n) is 10.7. The topological polar surface area (TPSA) is 40.5 Å². The first-order valence-electron chi connectivity index (χ1n) is 6.21. The fraction of sp³-hybridized carbons (Fsp3) is 0.333. The summed E-state index contributed by atoms with van der Waals surface area (Å²) >= 11 is 1.59. The van der Waals surface area contributed by atoms with Gasteiger partial charge < -0.3 is 10.2 Å². The van der Waals surface area contributed by atoms with E-state index in [4.69, 9.17) is 0 Å². The number of aromatic hydroxyl groups is 2. The molecule has 2 rings (SSSR count). The maximum Gasteiger partial charge on any atom is 0.137 e. The third kappa shape index (κ3) is 2.56. The lowest BCUT2D eigenvalue weighted by Crippen LogP contribution is -1.84. The van der Waals surface area contributed by atoms with Gasteiger partial charge in [0.2, 0.25) is 0 Å². The van der Waals surface area contributed by atoms with Gasteiger partial charge in [-0.25, -0.2) is 0 Å². The molecule has 0 unspecified atom stereocenters. The van der Waals surface area contributed by atoms with Crippen molar-refractivity contribution in [2.24, 2.45) is 0 Å². The summed E-state index contributed by atoms with van der Waals surface area (Å²) in [4.78, 5) is 0.761. The van der Waals surface area contributed by atoms with Crippen LogP contribution in [-0.4, -0.2) is 16.0 Å². The molecule has 2 nitrogen and oxygen atoms in total. The van der Waals surface area contributed by atoms with Gasteiger partial charge in [-0.15, -0.1) is 11.8 Å². The molecule has 0 saturated carbocycles. The van der Waals surface area contributed by atoms with E-state index in [0.717, 1.165) is 34.4 Å². The van der Waals surface area contributed by atoms with Crippen molar-refractivity contribution >= 4 is 22.5 Å². The average Bonchev–Trinajstić information content (AvgIpc) is 2.35. The number of phenols is 2. The van der Waals surface area contributed by atoms with E-state index in [1.807, 2.05) is 25.1 Å². The van der Waals surface area contributed by atoms with Gasteiger partial charge in [-0.3, -0.25) is 0 Å². The van der Waals surface area contributed by atoms with E-state index in [1.54, 1.807) is 17.8 Å². The molecule has 0 radical (unpaired) electrons. The van der Waals surface area contributed by atoms with Crippen molar-refractivity contribution in [1.29, 1.82) is 0 Å². The molecule has 0 aliphatic rings.